The maximum Gasteiger partial charge on any atom is 0.407 e. The van der Waals surface area contributed by atoms with E-state index >= 15 is 0 Å². The lowest BCUT2D eigenvalue weighted by atomic mass is 10.1. The lowest BCUT2D eigenvalue weighted by Gasteiger charge is -2.19. The van der Waals surface area contributed by atoms with Gasteiger partial charge in [-0.3, -0.25) is 0 Å². The Bertz CT molecular complexity index is 554. The molecule has 1 aromatic rings. The van der Waals surface area contributed by atoms with Crippen LogP contribution in [0.5, 0.6) is 0 Å². The molecule has 0 spiro atoms. The maximum absolute atomic E-state index is 13.6. The summed E-state index contributed by atoms with van der Waals surface area (Å²) >= 11 is 0. The Morgan fingerprint density at radius 3 is 2.57 bits per heavy atom. The zero-order chi connectivity index (χ0) is 17.5. The van der Waals surface area contributed by atoms with E-state index in [2.05, 4.69) is 10.6 Å². The van der Waals surface area contributed by atoms with Gasteiger partial charge in [0.25, 0.3) is 0 Å². The van der Waals surface area contributed by atoms with Crippen LogP contribution in [0.25, 0.3) is 0 Å². The number of carbonyl (C=O) groups excluding carboxylic acids is 1. The van der Waals surface area contributed by atoms with Crippen LogP contribution in [0.4, 0.5) is 13.6 Å². The molecule has 1 amide bonds. The molecule has 0 aliphatic rings. The van der Waals surface area contributed by atoms with Gasteiger partial charge in [-0.25, -0.2) is 13.6 Å². The second-order valence-electron chi connectivity index (χ2n) is 6.13. The number of alkyl carbamates (subject to hydrolysis) is 1. The number of amides is 1. The van der Waals surface area contributed by atoms with Crippen molar-refractivity contribution < 1.29 is 18.3 Å². The van der Waals surface area contributed by atoms with Gasteiger partial charge in [-0.2, -0.15) is 0 Å². The van der Waals surface area contributed by atoms with Crippen molar-refractivity contribution in [1.82, 2.24) is 10.6 Å². The third-order valence-electron chi connectivity index (χ3n) is 2.92. The summed E-state index contributed by atoms with van der Waals surface area (Å²) in [6.45, 7) is 7.93. The molecule has 128 valence electrons. The van der Waals surface area contributed by atoms with Gasteiger partial charge in [0.05, 0.1) is 0 Å². The van der Waals surface area contributed by atoms with E-state index in [-0.39, 0.29) is 11.6 Å². The Balaban J connectivity index is 2.31. The van der Waals surface area contributed by atoms with Gasteiger partial charge in [-0.15, -0.1) is 0 Å². The summed E-state index contributed by atoms with van der Waals surface area (Å²) in [5, 5.41) is 5.65. The molecule has 6 heteroatoms. The van der Waals surface area contributed by atoms with Gasteiger partial charge in [0.1, 0.15) is 5.60 Å². The molecule has 0 aliphatic heterocycles. The molecular weight excluding hydrogens is 302 g/mol. The van der Waals surface area contributed by atoms with Crippen LogP contribution in [0, 0.1) is 11.6 Å². The van der Waals surface area contributed by atoms with Crippen molar-refractivity contribution in [3.8, 4) is 0 Å². The lowest BCUT2D eigenvalue weighted by molar-refractivity contribution is 0.0534. The van der Waals surface area contributed by atoms with Crippen LogP contribution in [-0.4, -0.2) is 24.8 Å². The fourth-order valence-corrected chi connectivity index (χ4v) is 1.83. The van der Waals surface area contributed by atoms with Crippen LogP contribution < -0.4 is 10.6 Å². The number of nitrogens with one attached hydrogen (secondary N) is 2. The first-order valence-corrected chi connectivity index (χ1v) is 7.50. The van der Waals surface area contributed by atoms with Crippen molar-refractivity contribution in [2.24, 2.45) is 0 Å². The van der Waals surface area contributed by atoms with E-state index in [1.807, 2.05) is 0 Å². The van der Waals surface area contributed by atoms with Gasteiger partial charge in [-0.1, -0.05) is 24.3 Å². The molecule has 4 nitrogen and oxygen atoms in total. The molecule has 0 saturated carbocycles. The zero-order valence-corrected chi connectivity index (χ0v) is 14.0. The number of hydrogen-bond acceptors (Lipinski definition) is 3. The third kappa shape index (κ3) is 7.23. The molecule has 0 aromatic heterocycles. The summed E-state index contributed by atoms with van der Waals surface area (Å²) in [5.74, 6) is -1.68. The van der Waals surface area contributed by atoms with E-state index in [1.165, 1.54) is 6.07 Å². The maximum atomic E-state index is 13.6. The predicted octanol–water partition coefficient (Wildman–Crippen LogP) is 3.70. The second kappa shape index (κ2) is 8.62. The molecule has 0 heterocycles. The lowest BCUT2D eigenvalue weighted by Crippen LogP contribution is -2.32. The molecule has 0 radical (unpaired) electrons. The monoisotopic (exact) mass is 326 g/mol. The fourth-order valence-electron chi connectivity index (χ4n) is 1.83. The van der Waals surface area contributed by atoms with E-state index < -0.39 is 23.3 Å². The Morgan fingerprint density at radius 1 is 1.26 bits per heavy atom. The number of hydrogen-bond donors (Lipinski definition) is 2. The summed E-state index contributed by atoms with van der Waals surface area (Å²) in [6, 6.07) is 3.79. The minimum absolute atomic E-state index is 0.283. The predicted molar refractivity (Wildman–Crippen MR) is 86.2 cm³/mol. The van der Waals surface area contributed by atoms with Crippen molar-refractivity contribution in [3.63, 3.8) is 0 Å². The number of benzene rings is 1. The highest BCUT2D eigenvalue weighted by atomic mass is 19.2. The molecule has 0 fully saturated rings. The summed E-state index contributed by atoms with van der Waals surface area (Å²) in [4.78, 5) is 11.4. The molecule has 1 unspecified atom stereocenters. The van der Waals surface area contributed by atoms with Gasteiger partial charge < -0.3 is 15.4 Å². The molecular formula is C17H24F2N2O2. The van der Waals surface area contributed by atoms with E-state index in [4.69, 9.17) is 4.74 Å². The molecule has 2 N–H and O–H groups in total. The van der Waals surface area contributed by atoms with Crippen molar-refractivity contribution in [2.45, 2.75) is 39.3 Å². The van der Waals surface area contributed by atoms with Crippen molar-refractivity contribution in [1.29, 1.82) is 0 Å². The van der Waals surface area contributed by atoms with Crippen LogP contribution in [-0.2, 0) is 4.74 Å². The average molecular weight is 326 g/mol. The summed E-state index contributed by atoms with van der Waals surface area (Å²) in [5.41, 5.74) is -0.245. The Morgan fingerprint density at radius 2 is 1.91 bits per heavy atom. The van der Waals surface area contributed by atoms with Gasteiger partial charge in [0.15, 0.2) is 11.6 Å². The van der Waals surface area contributed by atoms with Crippen LogP contribution in [0.1, 0.15) is 39.3 Å². The molecule has 23 heavy (non-hydrogen) atoms. The number of carbonyl (C=O) groups is 1. The first-order valence-electron chi connectivity index (χ1n) is 7.50. The number of ether oxygens (including phenoxy) is 1. The number of rotatable bonds is 6. The zero-order valence-electron chi connectivity index (χ0n) is 14.0. The smallest absolute Gasteiger partial charge is 0.407 e. The normalized spacial score (nSPS) is 13.1. The standard InChI is InChI=1S/C17H24F2N2O2/c1-12(13-8-7-9-14(18)15(13)19)20-10-5-6-11-21-16(22)23-17(2,3)4/h5-9,12,20H,10-11H2,1-4H3,(H,21,22)/b6-5+. The van der Waals surface area contributed by atoms with Crippen molar-refractivity contribution in [2.75, 3.05) is 13.1 Å². The van der Waals surface area contributed by atoms with Crippen molar-refractivity contribution in [3.05, 3.63) is 47.5 Å². The first-order chi connectivity index (χ1) is 10.7. The topological polar surface area (TPSA) is 50.4 Å². The van der Waals surface area contributed by atoms with Crippen LogP contribution >= 0.6 is 0 Å². The molecule has 1 rings (SSSR count). The third-order valence-corrected chi connectivity index (χ3v) is 2.92. The van der Waals surface area contributed by atoms with E-state index in [9.17, 15) is 13.6 Å². The summed E-state index contributed by atoms with van der Waals surface area (Å²) < 4.78 is 31.9. The van der Waals surface area contributed by atoms with Crippen LogP contribution in [0.15, 0.2) is 30.4 Å². The highest BCUT2D eigenvalue weighted by molar-refractivity contribution is 5.67. The van der Waals surface area contributed by atoms with E-state index in [0.29, 0.717) is 13.1 Å². The SMILES string of the molecule is CC(NC/C=C/CNC(=O)OC(C)(C)C)c1cccc(F)c1F. The molecule has 0 bridgehead atoms. The minimum atomic E-state index is -0.853. The highest BCUT2D eigenvalue weighted by Crippen LogP contribution is 2.18. The Hall–Kier alpha value is -1.95. The van der Waals surface area contributed by atoms with E-state index in [1.54, 1.807) is 45.9 Å². The first kappa shape index (κ1) is 19.1. The molecule has 1 aromatic carbocycles. The summed E-state index contributed by atoms with van der Waals surface area (Å²) in [7, 11) is 0. The Labute approximate surface area is 135 Å². The van der Waals surface area contributed by atoms with Gasteiger partial charge in [0.2, 0.25) is 0 Å². The van der Waals surface area contributed by atoms with Crippen LogP contribution in [0.3, 0.4) is 0 Å². The fraction of sp³-hybridized carbons (Fsp3) is 0.471. The average Bonchev–Trinajstić information content (AvgIpc) is 2.43. The van der Waals surface area contributed by atoms with Gasteiger partial charge in [-0.05, 0) is 33.8 Å². The molecule has 1 atom stereocenters. The minimum Gasteiger partial charge on any atom is -0.444 e. The van der Waals surface area contributed by atoms with Gasteiger partial charge >= 0.3 is 6.09 Å². The quantitative estimate of drug-likeness (QED) is 0.784. The highest BCUT2D eigenvalue weighted by Gasteiger charge is 2.15. The number of halogens is 2. The molecule has 0 saturated heterocycles. The Kier molecular flexibility index (Phi) is 7.16. The van der Waals surface area contributed by atoms with Gasteiger partial charge in [0, 0.05) is 24.7 Å². The van der Waals surface area contributed by atoms with E-state index in [0.717, 1.165) is 6.07 Å². The van der Waals surface area contributed by atoms with Crippen LogP contribution in [0.2, 0.25) is 0 Å². The molecule has 0 aliphatic carbocycles. The largest absolute Gasteiger partial charge is 0.444 e. The van der Waals surface area contributed by atoms with Crippen molar-refractivity contribution >= 4 is 6.09 Å². The summed E-state index contributed by atoms with van der Waals surface area (Å²) in [6.07, 6.45) is 3.07. The second-order valence-corrected chi connectivity index (χ2v) is 6.13.